The van der Waals surface area contributed by atoms with E-state index < -0.39 is 11.2 Å². The summed E-state index contributed by atoms with van der Waals surface area (Å²) in [5, 5.41) is 3.18. The number of hydrogen-bond donors (Lipinski definition) is 1. The Balaban J connectivity index is 1.65. The third kappa shape index (κ3) is 9.08. The second kappa shape index (κ2) is 16.3. The predicted molar refractivity (Wildman–Crippen MR) is 181 cm³/mol. The molecule has 2 aromatic carbocycles. The number of nitrogens with one attached hydrogen (secondary N) is 1. The van der Waals surface area contributed by atoms with Gasteiger partial charge in [0.05, 0.1) is 13.2 Å². The van der Waals surface area contributed by atoms with E-state index in [0.29, 0.717) is 18.2 Å². The number of ether oxygens (including phenoxy) is 1. The van der Waals surface area contributed by atoms with Crippen LogP contribution in [0.15, 0.2) is 72.4 Å². The topological polar surface area (TPSA) is 67.9 Å². The SMILES string of the molecule is C=C(C)/C(=C\C/C=C/C)CNC(=O)c1cc(-c2ccc(CN3CCOCC3)cc2)cc(N(CC)C2CC[S+]([O-])CC2)c1C. The third-order valence-corrected chi connectivity index (χ3v) is 9.98. The molecule has 6 nitrogen and oxygen atoms in total. The fourth-order valence-corrected chi connectivity index (χ4v) is 7.23. The smallest absolute Gasteiger partial charge is 0.251 e. The van der Waals surface area contributed by atoms with Gasteiger partial charge in [-0.3, -0.25) is 9.69 Å². The van der Waals surface area contributed by atoms with Crippen molar-refractivity contribution in [1.82, 2.24) is 10.2 Å². The van der Waals surface area contributed by atoms with Gasteiger partial charge in [-0.2, -0.15) is 0 Å². The zero-order valence-electron chi connectivity index (χ0n) is 26.5. The second-order valence-electron chi connectivity index (χ2n) is 11.6. The zero-order valence-corrected chi connectivity index (χ0v) is 27.3. The number of rotatable bonds is 12. The summed E-state index contributed by atoms with van der Waals surface area (Å²) in [7, 11) is 0. The fourth-order valence-electron chi connectivity index (χ4n) is 5.95. The lowest BCUT2D eigenvalue weighted by Gasteiger charge is -2.37. The lowest BCUT2D eigenvalue weighted by atomic mass is 9.95. The van der Waals surface area contributed by atoms with Crippen molar-refractivity contribution >= 4 is 22.8 Å². The number of morpholine rings is 1. The molecule has 1 N–H and O–H groups in total. The van der Waals surface area contributed by atoms with Crippen LogP contribution >= 0.6 is 0 Å². The number of nitrogens with zero attached hydrogens (tertiary/aromatic N) is 2. The van der Waals surface area contributed by atoms with Crippen LogP contribution in [-0.2, 0) is 22.5 Å². The number of amides is 1. The average Bonchev–Trinajstić information content (AvgIpc) is 3.01. The zero-order chi connectivity index (χ0) is 30.8. The first-order valence-corrected chi connectivity index (χ1v) is 17.2. The molecule has 2 saturated heterocycles. The molecule has 0 bridgehead atoms. The Bertz CT molecular complexity index is 1290. The molecule has 1 amide bonds. The minimum absolute atomic E-state index is 0.0801. The second-order valence-corrected chi connectivity index (χ2v) is 13.3. The van der Waals surface area contributed by atoms with Crippen molar-refractivity contribution in [2.24, 2.45) is 0 Å². The summed E-state index contributed by atoms with van der Waals surface area (Å²) in [5.41, 5.74) is 8.16. The van der Waals surface area contributed by atoms with E-state index in [4.69, 9.17) is 4.74 Å². The van der Waals surface area contributed by atoms with Gasteiger partial charge in [-0.25, -0.2) is 0 Å². The quantitative estimate of drug-likeness (QED) is 0.172. The lowest BCUT2D eigenvalue weighted by Crippen LogP contribution is -2.42. The number of allylic oxidation sites excluding steroid dienone is 3. The maximum atomic E-state index is 13.8. The summed E-state index contributed by atoms with van der Waals surface area (Å²) in [6.07, 6.45) is 8.87. The summed E-state index contributed by atoms with van der Waals surface area (Å²) in [6.45, 7) is 18.0. The summed E-state index contributed by atoms with van der Waals surface area (Å²) < 4.78 is 17.6. The highest BCUT2D eigenvalue weighted by molar-refractivity contribution is 7.91. The molecule has 7 heteroatoms. The van der Waals surface area contributed by atoms with Crippen LogP contribution in [0, 0.1) is 6.92 Å². The van der Waals surface area contributed by atoms with Gasteiger partial charge in [-0.15, -0.1) is 0 Å². The number of hydrogen-bond acceptors (Lipinski definition) is 5. The van der Waals surface area contributed by atoms with Crippen molar-refractivity contribution in [2.45, 2.75) is 59.5 Å². The van der Waals surface area contributed by atoms with Crippen LogP contribution in [0.3, 0.4) is 0 Å². The van der Waals surface area contributed by atoms with E-state index in [1.54, 1.807) is 0 Å². The highest BCUT2D eigenvalue weighted by Gasteiger charge is 2.28. The third-order valence-electron chi connectivity index (χ3n) is 8.59. The van der Waals surface area contributed by atoms with Crippen LogP contribution in [0.25, 0.3) is 11.1 Å². The molecule has 2 fully saturated rings. The van der Waals surface area contributed by atoms with Crippen molar-refractivity contribution < 1.29 is 14.1 Å². The van der Waals surface area contributed by atoms with Crippen LogP contribution in [0.2, 0.25) is 0 Å². The van der Waals surface area contributed by atoms with Gasteiger partial charge in [0.2, 0.25) is 0 Å². The molecule has 0 aromatic heterocycles. The van der Waals surface area contributed by atoms with Gasteiger partial charge in [-0.05, 0) is 74.1 Å². The van der Waals surface area contributed by atoms with Crippen molar-refractivity contribution in [2.75, 3.05) is 55.8 Å². The summed E-state index contributed by atoms with van der Waals surface area (Å²) in [4.78, 5) is 18.7. The minimum atomic E-state index is -0.725. The molecule has 0 saturated carbocycles. The fraction of sp³-hybridized carbons (Fsp3) is 0.472. The van der Waals surface area contributed by atoms with E-state index in [0.717, 1.165) is 104 Å². The van der Waals surface area contributed by atoms with Crippen molar-refractivity contribution in [1.29, 1.82) is 0 Å². The molecule has 2 aliphatic rings. The van der Waals surface area contributed by atoms with Gasteiger partial charge in [0.25, 0.3) is 5.91 Å². The average molecular weight is 604 g/mol. The molecular weight excluding hydrogens is 554 g/mol. The molecule has 43 heavy (non-hydrogen) atoms. The Morgan fingerprint density at radius 3 is 2.49 bits per heavy atom. The van der Waals surface area contributed by atoms with Gasteiger partial charge < -0.3 is 19.5 Å². The van der Waals surface area contributed by atoms with Gasteiger partial charge in [-0.1, -0.05) is 65.8 Å². The molecule has 0 aliphatic carbocycles. The van der Waals surface area contributed by atoms with E-state index in [1.807, 2.05) is 26.0 Å². The van der Waals surface area contributed by atoms with E-state index in [-0.39, 0.29) is 5.91 Å². The monoisotopic (exact) mass is 603 g/mol. The van der Waals surface area contributed by atoms with Crippen LogP contribution < -0.4 is 10.2 Å². The Morgan fingerprint density at radius 1 is 1.16 bits per heavy atom. The molecule has 232 valence electrons. The Labute approximate surface area is 262 Å². The largest absolute Gasteiger partial charge is 0.616 e. The molecule has 2 aromatic rings. The van der Waals surface area contributed by atoms with Crippen LogP contribution in [0.4, 0.5) is 5.69 Å². The molecule has 0 unspecified atom stereocenters. The van der Waals surface area contributed by atoms with Crippen LogP contribution in [-0.4, -0.2) is 72.3 Å². The molecule has 2 aliphatic heterocycles. The highest BCUT2D eigenvalue weighted by Crippen LogP contribution is 2.34. The molecule has 0 spiro atoms. The Morgan fingerprint density at radius 2 is 1.86 bits per heavy atom. The lowest BCUT2D eigenvalue weighted by molar-refractivity contribution is 0.0342. The number of carbonyl (C=O) groups is 1. The van der Waals surface area contributed by atoms with Crippen molar-refractivity contribution in [3.05, 3.63) is 89.0 Å². The maximum Gasteiger partial charge on any atom is 0.251 e. The predicted octanol–water partition coefficient (Wildman–Crippen LogP) is 6.43. The number of benzene rings is 2. The van der Waals surface area contributed by atoms with Gasteiger partial charge in [0, 0.05) is 62.9 Å². The maximum absolute atomic E-state index is 13.8. The van der Waals surface area contributed by atoms with E-state index >= 15 is 0 Å². The molecule has 0 atom stereocenters. The summed E-state index contributed by atoms with van der Waals surface area (Å²) >= 11 is -0.725. The normalized spacial score (nSPS) is 19.9. The number of anilines is 1. The first-order chi connectivity index (χ1) is 20.8. The van der Waals surface area contributed by atoms with E-state index in [9.17, 15) is 9.35 Å². The van der Waals surface area contributed by atoms with Crippen LogP contribution in [0.5, 0.6) is 0 Å². The van der Waals surface area contributed by atoms with Crippen molar-refractivity contribution in [3.63, 3.8) is 0 Å². The molecule has 4 rings (SSSR count). The summed E-state index contributed by atoms with van der Waals surface area (Å²) in [5.74, 6) is 1.39. The summed E-state index contributed by atoms with van der Waals surface area (Å²) in [6, 6.07) is 13.4. The van der Waals surface area contributed by atoms with E-state index in [1.165, 1.54) is 5.56 Å². The minimum Gasteiger partial charge on any atom is -0.616 e. The van der Waals surface area contributed by atoms with Gasteiger partial charge in [0.1, 0.15) is 11.5 Å². The van der Waals surface area contributed by atoms with Gasteiger partial charge in [0.15, 0.2) is 0 Å². The molecule has 2 heterocycles. The first kappa shape index (κ1) is 33.1. The van der Waals surface area contributed by atoms with Crippen molar-refractivity contribution in [3.8, 4) is 11.1 Å². The van der Waals surface area contributed by atoms with Gasteiger partial charge >= 0.3 is 0 Å². The van der Waals surface area contributed by atoms with E-state index in [2.05, 4.69) is 78.0 Å². The van der Waals surface area contributed by atoms with Crippen LogP contribution in [0.1, 0.15) is 61.5 Å². The molecular formula is C36H49N3O3S. The Kier molecular flexibility index (Phi) is 12.5. The highest BCUT2D eigenvalue weighted by atomic mass is 32.2. The standard InChI is InChI=1S/C36H49N3O3S/c1-6-8-9-10-31(27(3)4)25-37-36(40)34-23-32(30-13-11-29(12-14-30)26-38-17-19-42-20-18-38)24-35(28(34)5)39(7-2)33-15-21-43(41)22-16-33/h6,8,10-14,23-24,33H,3,7,9,15-22,25-26H2,1-2,4-5H3,(H,37,40)/b8-6+,31-10-. The first-order valence-electron chi connectivity index (χ1n) is 15.7. The number of carbonyl (C=O) groups excluding carboxylic acids is 1. The molecule has 0 radical (unpaired) electrons. The Hall–Kier alpha value is -2.84.